The first kappa shape index (κ1) is 12.6. The first-order valence-electron chi connectivity index (χ1n) is 5.98. The zero-order chi connectivity index (χ0) is 13.4. The smallest absolute Gasteiger partial charge is 0.192 e. The van der Waals surface area contributed by atoms with Crippen LogP contribution < -0.4 is 0 Å². The largest absolute Gasteiger partial charge is 0.337 e. The Labute approximate surface area is 123 Å². The molecule has 19 heavy (non-hydrogen) atoms. The number of para-hydroxylation sites is 1. The van der Waals surface area contributed by atoms with Gasteiger partial charge in [0, 0.05) is 11.2 Å². The number of hydrogen-bond acceptors (Lipinski definition) is 2. The van der Waals surface area contributed by atoms with E-state index in [2.05, 4.69) is 38.7 Å². The molecule has 0 saturated heterocycles. The van der Waals surface area contributed by atoms with Gasteiger partial charge >= 0.3 is 0 Å². The second-order valence-corrected chi connectivity index (χ2v) is 6.92. The van der Waals surface area contributed by atoms with Crippen molar-refractivity contribution in [3.05, 3.63) is 56.8 Å². The number of ketones is 1. The van der Waals surface area contributed by atoms with Crippen LogP contribution in [0.3, 0.4) is 0 Å². The molecule has 0 N–H and O–H groups in total. The van der Waals surface area contributed by atoms with Crippen LogP contribution >= 0.6 is 27.3 Å². The van der Waals surface area contributed by atoms with Crippen LogP contribution in [0.1, 0.15) is 15.4 Å². The second-order valence-electron chi connectivity index (χ2n) is 4.46. The molecule has 2 nitrogen and oxygen atoms in total. The number of aryl methyl sites for hydroxylation is 1. The molecule has 0 saturated carbocycles. The third-order valence-corrected chi connectivity index (χ3v) is 4.83. The Balaban J connectivity index is 1.97. The van der Waals surface area contributed by atoms with Crippen molar-refractivity contribution < 1.29 is 4.79 Å². The topological polar surface area (TPSA) is 22.0 Å². The third kappa shape index (κ3) is 2.38. The number of carbonyl (C=O) groups excluding carboxylic acids is 1. The van der Waals surface area contributed by atoms with Crippen molar-refractivity contribution in [3.63, 3.8) is 0 Å². The summed E-state index contributed by atoms with van der Waals surface area (Å²) in [6, 6.07) is 14.1. The van der Waals surface area contributed by atoms with E-state index in [1.54, 1.807) is 0 Å². The predicted molar refractivity (Wildman–Crippen MR) is 83.0 cm³/mol. The molecule has 1 aromatic carbocycles. The van der Waals surface area contributed by atoms with E-state index in [0.29, 0.717) is 6.54 Å². The zero-order valence-corrected chi connectivity index (χ0v) is 12.8. The van der Waals surface area contributed by atoms with Crippen LogP contribution in [-0.2, 0) is 6.54 Å². The molecule has 2 aromatic heterocycles. The maximum atomic E-state index is 12.3. The lowest BCUT2D eigenvalue weighted by Crippen LogP contribution is -2.10. The van der Waals surface area contributed by atoms with Crippen molar-refractivity contribution in [1.29, 1.82) is 0 Å². The molecule has 0 aliphatic rings. The molecule has 0 atom stereocenters. The van der Waals surface area contributed by atoms with Crippen molar-refractivity contribution >= 4 is 44.0 Å². The van der Waals surface area contributed by atoms with Gasteiger partial charge in [-0.05, 0) is 52.5 Å². The summed E-state index contributed by atoms with van der Waals surface area (Å²) in [5, 5.41) is 1.18. The molecule has 96 valence electrons. The molecule has 0 unspecified atom stereocenters. The number of nitrogens with zero attached hydrogens (tertiary/aromatic N) is 1. The first-order valence-corrected chi connectivity index (χ1v) is 7.59. The number of benzene rings is 1. The van der Waals surface area contributed by atoms with Gasteiger partial charge in [-0.25, -0.2) is 0 Å². The fourth-order valence-electron chi connectivity index (χ4n) is 2.24. The number of hydrogen-bond donors (Lipinski definition) is 0. The normalized spacial score (nSPS) is 11.1. The van der Waals surface area contributed by atoms with E-state index in [1.807, 2.05) is 31.2 Å². The highest BCUT2D eigenvalue weighted by Crippen LogP contribution is 2.24. The van der Waals surface area contributed by atoms with E-state index in [4.69, 9.17) is 0 Å². The molecule has 0 aliphatic carbocycles. The van der Waals surface area contributed by atoms with E-state index in [1.165, 1.54) is 16.7 Å². The summed E-state index contributed by atoms with van der Waals surface area (Å²) < 4.78 is 3.07. The molecule has 4 heteroatoms. The van der Waals surface area contributed by atoms with Crippen molar-refractivity contribution in [2.75, 3.05) is 0 Å². The molecule has 0 spiro atoms. The van der Waals surface area contributed by atoms with Crippen LogP contribution in [0.5, 0.6) is 0 Å². The molecular formula is C15H12BrNOS. The maximum Gasteiger partial charge on any atom is 0.192 e. The summed E-state index contributed by atoms with van der Waals surface area (Å²) in [5.74, 6) is 0.153. The highest BCUT2D eigenvalue weighted by molar-refractivity contribution is 9.11. The van der Waals surface area contributed by atoms with Gasteiger partial charge in [0.1, 0.15) is 0 Å². The molecule has 0 aliphatic heterocycles. The molecular weight excluding hydrogens is 322 g/mol. The van der Waals surface area contributed by atoms with Crippen LogP contribution in [0.2, 0.25) is 0 Å². The molecule has 2 heterocycles. The number of Topliss-reactive ketones (excluding diaryl/α,β-unsaturated/α-hetero) is 1. The summed E-state index contributed by atoms with van der Waals surface area (Å²) in [5.41, 5.74) is 2.23. The van der Waals surface area contributed by atoms with Crippen molar-refractivity contribution in [2.24, 2.45) is 0 Å². The van der Waals surface area contributed by atoms with E-state index in [-0.39, 0.29) is 5.78 Å². The van der Waals surface area contributed by atoms with Gasteiger partial charge in [0.05, 0.1) is 15.2 Å². The monoisotopic (exact) mass is 333 g/mol. The van der Waals surface area contributed by atoms with E-state index < -0.39 is 0 Å². The molecule has 0 amide bonds. The van der Waals surface area contributed by atoms with Crippen molar-refractivity contribution in [2.45, 2.75) is 13.5 Å². The Morgan fingerprint density at radius 2 is 2.05 bits per heavy atom. The molecule has 0 radical (unpaired) electrons. The Hall–Kier alpha value is -1.39. The van der Waals surface area contributed by atoms with Gasteiger partial charge in [-0.1, -0.05) is 18.2 Å². The van der Waals surface area contributed by atoms with Crippen molar-refractivity contribution in [1.82, 2.24) is 4.57 Å². The second kappa shape index (κ2) is 4.94. The van der Waals surface area contributed by atoms with Crippen LogP contribution in [0.15, 0.2) is 46.3 Å². The lowest BCUT2D eigenvalue weighted by molar-refractivity contribution is 0.0977. The van der Waals surface area contributed by atoms with Gasteiger partial charge in [-0.15, -0.1) is 11.3 Å². The average Bonchev–Trinajstić information content (AvgIpc) is 2.95. The number of halogens is 1. The molecule has 3 aromatic rings. The summed E-state index contributed by atoms with van der Waals surface area (Å²) >= 11 is 4.87. The Kier molecular flexibility index (Phi) is 3.29. The Morgan fingerprint density at radius 3 is 2.79 bits per heavy atom. The summed E-state index contributed by atoms with van der Waals surface area (Å²) in [7, 11) is 0. The minimum absolute atomic E-state index is 0.153. The highest BCUT2D eigenvalue weighted by atomic mass is 79.9. The standard InChI is InChI=1S/C15H12BrNOS/c1-10-8-11-4-2-3-5-12(11)17(10)9-13(18)14-6-7-15(16)19-14/h2-8H,9H2,1H3. The van der Waals surface area contributed by atoms with E-state index in [9.17, 15) is 4.79 Å². The lowest BCUT2D eigenvalue weighted by atomic mass is 10.2. The maximum absolute atomic E-state index is 12.3. The van der Waals surface area contributed by atoms with E-state index >= 15 is 0 Å². The van der Waals surface area contributed by atoms with Crippen LogP contribution in [-0.4, -0.2) is 10.4 Å². The first-order chi connectivity index (χ1) is 9.15. The van der Waals surface area contributed by atoms with E-state index in [0.717, 1.165) is 19.9 Å². The minimum Gasteiger partial charge on any atom is -0.337 e. The Bertz CT molecular complexity index is 756. The minimum atomic E-state index is 0.153. The molecule has 0 fully saturated rings. The van der Waals surface area contributed by atoms with Gasteiger partial charge in [0.25, 0.3) is 0 Å². The fraction of sp³-hybridized carbons (Fsp3) is 0.133. The third-order valence-electron chi connectivity index (χ3n) is 3.17. The number of rotatable bonds is 3. The quantitative estimate of drug-likeness (QED) is 0.639. The zero-order valence-electron chi connectivity index (χ0n) is 10.4. The number of aromatic nitrogens is 1. The SMILES string of the molecule is Cc1cc2ccccc2n1CC(=O)c1ccc(Br)s1. The summed E-state index contributed by atoms with van der Waals surface area (Å²) in [4.78, 5) is 13.1. The summed E-state index contributed by atoms with van der Waals surface area (Å²) in [6.45, 7) is 2.43. The van der Waals surface area contributed by atoms with Crippen LogP contribution in [0, 0.1) is 6.92 Å². The molecule has 0 bridgehead atoms. The average molecular weight is 334 g/mol. The van der Waals surface area contributed by atoms with Crippen LogP contribution in [0.4, 0.5) is 0 Å². The Morgan fingerprint density at radius 1 is 1.26 bits per heavy atom. The highest BCUT2D eigenvalue weighted by Gasteiger charge is 2.12. The summed E-state index contributed by atoms with van der Waals surface area (Å²) in [6.07, 6.45) is 0. The van der Waals surface area contributed by atoms with Crippen LogP contribution in [0.25, 0.3) is 10.9 Å². The van der Waals surface area contributed by atoms with Gasteiger partial charge < -0.3 is 4.57 Å². The van der Waals surface area contributed by atoms with Gasteiger partial charge in [-0.3, -0.25) is 4.79 Å². The lowest BCUT2D eigenvalue weighted by Gasteiger charge is -2.06. The van der Waals surface area contributed by atoms with Gasteiger partial charge in [0.15, 0.2) is 5.78 Å². The molecule has 3 rings (SSSR count). The number of carbonyl (C=O) groups is 1. The fourth-order valence-corrected chi connectivity index (χ4v) is 3.56. The van der Waals surface area contributed by atoms with Gasteiger partial charge in [-0.2, -0.15) is 0 Å². The predicted octanol–water partition coefficient (Wildman–Crippen LogP) is 4.66. The van der Waals surface area contributed by atoms with Gasteiger partial charge in [0.2, 0.25) is 0 Å². The number of thiophene rings is 1. The number of fused-ring (bicyclic) bond motifs is 1. The van der Waals surface area contributed by atoms with Crippen molar-refractivity contribution in [3.8, 4) is 0 Å².